The highest BCUT2D eigenvalue weighted by atomic mass is 16.3. The van der Waals surface area contributed by atoms with E-state index in [4.69, 9.17) is 0 Å². The van der Waals surface area contributed by atoms with E-state index in [1.807, 2.05) is 31.2 Å². The predicted octanol–water partition coefficient (Wildman–Crippen LogP) is 2.36. The van der Waals surface area contributed by atoms with Gasteiger partial charge in [-0.3, -0.25) is 4.79 Å². The smallest absolute Gasteiger partial charge is 0.271 e. The standard InChI is InChI=1S/C17H15N3O4/c1-9-12(11-4-2-3-5-13(11)19-9)8-18-20-17(24)10-6-14(21)16(23)15(22)7-10/h2-8,19,21-23H,1H3,(H,20,24)/b18-8+. The first-order chi connectivity index (χ1) is 11.5. The van der Waals surface area contributed by atoms with Crippen molar-refractivity contribution >= 4 is 23.0 Å². The zero-order valence-electron chi connectivity index (χ0n) is 12.7. The summed E-state index contributed by atoms with van der Waals surface area (Å²) in [6.45, 7) is 1.90. The molecule has 1 heterocycles. The van der Waals surface area contributed by atoms with Crippen LogP contribution in [0.5, 0.6) is 17.2 Å². The van der Waals surface area contributed by atoms with Gasteiger partial charge in [-0.1, -0.05) is 18.2 Å². The lowest BCUT2D eigenvalue weighted by Gasteiger charge is -2.04. The predicted molar refractivity (Wildman–Crippen MR) is 89.5 cm³/mol. The minimum Gasteiger partial charge on any atom is -0.504 e. The molecule has 7 heteroatoms. The highest BCUT2D eigenvalue weighted by Crippen LogP contribution is 2.35. The molecule has 122 valence electrons. The second kappa shape index (κ2) is 5.96. The molecule has 3 aromatic rings. The summed E-state index contributed by atoms with van der Waals surface area (Å²) in [5.74, 6) is -2.48. The number of aromatic amines is 1. The number of nitrogens with zero attached hydrogens (tertiary/aromatic N) is 1. The number of hydrazone groups is 1. The maximum atomic E-state index is 12.0. The van der Waals surface area contributed by atoms with Crippen LogP contribution < -0.4 is 5.43 Å². The van der Waals surface area contributed by atoms with Crippen LogP contribution in [0.2, 0.25) is 0 Å². The van der Waals surface area contributed by atoms with Crippen LogP contribution in [0.4, 0.5) is 0 Å². The van der Waals surface area contributed by atoms with Gasteiger partial charge in [0.25, 0.3) is 5.91 Å². The number of benzene rings is 2. The van der Waals surface area contributed by atoms with E-state index in [9.17, 15) is 20.1 Å². The van der Waals surface area contributed by atoms with Gasteiger partial charge in [-0.2, -0.15) is 5.10 Å². The van der Waals surface area contributed by atoms with Crippen LogP contribution in [0.3, 0.4) is 0 Å². The number of rotatable bonds is 3. The number of hydrogen-bond acceptors (Lipinski definition) is 5. The molecule has 0 spiro atoms. The Bertz CT molecular complexity index is 937. The average Bonchev–Trinajstić information content (AvgIpc) is 2.88. The molecular weight excluding hydrogens is 310 g/mol. The monoisotopic (exact) mass is 325 g/mol. The van der Waals surface area contributed by atoms with Crippen LogP contribution in [0.25, 0.3) is 10.9 Å². The molecule has 24 heavy (non-hydrogen) atoms. The van der Waals surface area contributed by atoms with Crippen molar-refractivity contribution in [2.75, 3.05) is 0 Å². The SMILES string of the molecule is Cc1[nH]c2ccccc2c1/C=N/NC(=O)c1cc(O)c(O)c(O)c1. The van der Waals surface area contributed by atoms with Crippen molar-refractivity contribution in [3.63, 3.8) is 0 Å². The lowest BCUT2D eigenvalue weighted by atomic mass is 10.1. The first-order valence-electron chi connectivity index (χ1n) is 7.13. The number of aromatic nitrogens is 1. The van der Waals surface area contributed by atoms with Crippen molar-refractivity contribution in [1.29, 1.82) is 0 Å². The zero-order chi connectivity index (χ0) is 17.3. The Morgan fingerprint density at radius 1 is 1.17 bits per heavy atom. The van der Waals surface area contributed by atoms with Gasteiger partial charge in [0.15, 0.2) is 17.2 Å². The van der Waals surface area contributed by atoms with E-state index < -0.39 is 23.2 Å². The number of carbonyl (C=O) groups excluding carboxylic acids is 1. The number of carbonyl (C=O) groups is 1. The summed E-state index contributed by atoms with van der Waals surface area (Å²) in [5, 5.41) is 33.0. The minimum absolute atomic E-state index is 0.0319. The number of amides is 1. The maximum absolute atomic E-state index is 12.0. The number of phenolic OH excluding ortho intramolecular Hbond substituents is 3. The third-order valence-electron chi connectivity index (χ3n) is 3.64. The fourth-order valence-corrected chi connectivity index (χ4v) is 2.42. The summed E-state index contributed by atoms with van der Waals surface area (Å²) in [6, 6.07) is 9.80. The molecule has 0 radical (unpaired) electrons. The molecule has 0 saturated heterocycles. The fourth-order valence-electron chi connectivity index (χ4n) is 2.42. The summed E-state index contributed by atoms with van der Waals surface area (Å²) in [5.41, 5.74) is 5.01. The normalized spacial score (nSPS) is 11.2. The summed E-state index contributed by atoms with van der Waals surface area (Å²) in [7, 11) is 0. The van der Waals surface area contributed by atoms with Crippen LogP contribution in [-0.4, -0.2) is 32.4 Å². The highest BCUT2D eigenvalue weighted by molar-refractivity contribution is 6.01. The first-order valence-corrected chi connectivity index (χ1v) is 7.13. The van der Waals surface area contributed by atoms with Gasteiger partial charge in [-0.05, 0) is 25.1 Å². The number of fused-ring (bicyclic) bond motifs is 1. The number of para-hydroxylation sites is 1. The summed E-state index contributed by atoms with van der Waals surface area (Å²) in [6.07, 6.45) is 1.52. The van der Waals surface area contributed by atoms with Crippen molar-refractivity contribution < 1.29 is 20.1 Å². The molecule has 3 rings (SSSR count). The second-order valence-electron chi connectivity index (χ2n) is 5.27. The van der Waals surface area contributed by atoms with E-state index in [1.54, 1.807) is 0 Å². The lowest BCUT2D eigenvalue weighted by molar-refractivity contribution is 0.0954. The fraction of sp³-hybridized carbons (Fsp3) is 0.0588. The van der Waals surface area contributed by atoms with Gasteiger partial charge >= 0.3 is 0 Å². The van der Waals surface area contributed by atoms with Crippen molar-refractivity contribution in [2.24, 2.45) is 5.10 Å². The molecule has 5 N–H and O–H groups in total. The van der Waals surface area contributed by atoms with Gasteiger partial charge in [0, 0.05) is 27.7 Å². The molecule has 7 nitrogen and oxygen atoms in total. The molecule has 2 aromatic carbocycles. The largest absolute Gasteiger partial charge is 0.504 e. The number of aryl methyl sites for hydroxylation is 1. The van der Waals surface area contributed by atoms with Gasteiger partial charge in [0.05, 0.1) is 6.21 Å². The van der Waals surface area contributed by atoms with E-state index in [0.717, 1.165) is 34.3 Å². The second-order valence-corrected chi connectivity index (χ2v) is 5.27. The van der Waals surface area contributed by atoms with Crippen molar-refractivity contribution in [1.82, 2.24) is 10.4 Å². The molecule has 1 amide bonds. The molecule has 0 aliphatic heterocycles. The average molecular weight is 325 g/mol. The van der Waals surface area contributed by atoms with E-state index in [0.29, 0.717) is 0 Å². The van der Waals surface area contributed by atoms with Gasteiger partial charge in [0.2, 0.25) is 0 Å². The summed E-state index contributed by atoms with van der Waals surface area (Å²) < 4.78 is 0. The molecule has 0 atom stereocenters. The minimum atomic E-state index is -0.676. The highest BCUT2D eigenvalue weighted by Gasteiger charge is 2.13. The molecule has 0 saturated carbocycles. The molecule has 0 unspecified atom stereocenters. The first kappa shape index (κ1) is 15.4. The quantitative estimate of drug-likeness (QED) is 0.288. The van der Waals surface area contributed by atoms with Crippen LogP contribution >= 0.6 is 0 Å². The van der Waals surface area contributed by atoms with Crippen LogP contribution in [0.15, 0.2) is 41.5 Å². The lowest BCUT2D eigenvalue weighted by Crippen LogP contribution is -2.17. The van der Waals surface area contributed by atoms with Crippen LogP contribution in [0, 0.1) is 6.92 Å². The molecule has 0 aliphatic carbocycles. The molecule has 0 fully saturated rings. The Labute approximate surface area is 136 Å². The van der Waals surface area contributed by atoms with Gasteiger partial charge in [0.1, 0.15) is 0 Å². The van der Waals surface area contributed by atoms with Crippen molar-refractivity contribution in [2.45, 2.75) is 6.92 Å². The van der Waals surface area contributed by atoms with Gasteiger partial charge < -0.3 is 20.3 Å². The Kier molecular flexibility index (Phi) is 3.83. The topological polar surface area (TPSA) is 118 Å². The van der Waals surface area contributed by atoms with Gasteiger partial charge in [-0.25, -0.2) is 5.43 Å². The van der Waals surface area contributed by atoms with E-state index in [-0.39, 0.29) is 5.56 Å². The Morgan fingerprint density at radius 2 is 1.83 bits per heavy atom. The Morgan fingerprint density at radius 3 is 2.54 bits per heavy atom. The molecule has 0 aliphatic rings. The number of aromatic hydroxyl groups is 3. The molecular formula is C17H15N3O4. The number of H-pyrrole nitrogens is 1. The molecule has 1 aromatic heterocycles. The Hall–Kier alpha value is -3.48. The molecule has 0 bridgehead atoms. The summed E-state index contributed by atoms with van der Waals surface area (Å²) >= 11 is 0. The van der Waals surface area contributed by atoms with Crippen LogP contribution in [-0.2, 0) is 0 Å². The van der Waals surface area contributed by atoms with Crippen molar-refractivity contribution in [3.05, 3.63) is 53.2 Å². The van der Waals surface area contributed by atoms with Crippen molar-refractivity contribution in [3.8, 4) is 17.2 Å². The summed E-state index contributed by atoms with van der Waals surface area (Å²) in [4.78, 5) is 15.2. The van der Waals surface area contributed by atoms with E-state index >= 15 is 0 Å². The van der Waals surface area contributed by atoms with E-state index in [1.165, 1.54) is 6.21 Å². The van der Waals surface area contributed by atoms with Gasteiger partial charge in [-0.15, -0.1) is 0 Å². The number of hydrogen-bond donors (Lipinski definition) is 5. The maximum Gasteiger partial charge on any atom is 0.271 e. The van der Waals surface area contributed by atoms with Crippen LogP contribution in [0.1, 0.15) is 21.6 Å². The number of phenols is 3. The third-order valence-corrected chi connectivity index (χ3v) is 3.64. The zero-order valence-corrected chi connectivity index (χ0v) is 12.7. The Balaban J connectivity index is 1.81. The number of nitrogens with one attached hydrogen (secondary N) is 2. The van der Waals surface area contributed by atoms with E-state index in [2.05, 4.69) is 15.5 Å². The third kappa shape index (κ3) is 2.74.